The number of benzene rings is 5. The molecular formula is C32H23N2OP. The van der Waals surface area contributed by atoms with E-state index in [4.69, 9.17) is 9.97 Å². The number of aromatic nitrogens is 2. The van der Waals surface area contributed by atoms with Crippen molar-refractivity contribution >= 4 is 34.0 Å². The summed E-state index contributed by atoms with van der Waals surface area (Å²) in [6, 6.07) is 45.5. The topological polar surface area (TPSA) is 42.9 Å². The molecule has 0 fully saturated rings. The Hall–Kier alpha value is -4.33. The van der Waals surface area contributed by atoms with E-state index in [-0.39, 0.29) is 0 Å². The minimum absolute atomic E-state index is 0.647. The third kappa shape index (κ3) is 3.94. The smallest absolute Gasteiger partial charge is 0.171 e. The van der Waals surface area contributed by atoms with E-state index in [2.05, 4.69) is 18.2 Å². The average molecular weight is 483 g/mol. The molecule has 0 saturated carbocycles. The number of rotatable bonds is 5. The van der Waals surface area contributed by atoms with Crippen molar-refractivity contribution in [2.45, 2.75) is 0 Å². The van der Waals surface area contributed by atoms with E-state index in [1.807, 2.05) is 121 Å². The van der Waals surface area contributed by atoms with Gasteiger partial charge in [0.25, 0.3) is 0 Å². The highest BCUT2D eigenvalue weighted by atomic mass is 31.2. The second-order valence-corrected chi connectivity index (χ2v) is 11.4. The molecule has 0 amide bonds. The molecule has 0 atom stereocenters. The third-order valence-electron chi connectivity index (χ3n) is 6.38. The van der Waals surface area contributed by atoms with Gasteiger partial charge in [-0.3, -0.25) is 0 Å². The minimum Gasteiger partial charge on any atom is -0.309 e. The summed E-state index contributed by atoms with van der Waals surface area (Å²) in [7, 11) is -3.03. The number of nitrogens with zero attached hydrogens (tertiary/aromatic N) is 2. The van der Waals surface area contributed by atoms with Gasteiger partial charge in [-0.25, -0.2) is 9.97 Å². The molecular weight excluding hydrogens is 459 g/mol. The van der Waals surface area contributed by atoms with Gasteiger partial charge in [-0.1, -0.05) is 133 Å². The van der Waals surface area contributed by atoms with Crippen LogP contribution < -0.4 is 15.9 Å². The monoisotopic (exact) mass is 482 g/mol. The first kappa shape index (κ1) is 22.2. The molecule has 1 heterocycles. The summed E-state index contributed by atoms with van der Waals surface area (Å²) in [5.41, 5.74) is 3.73. The first-order valence-electron chi connectivity index (χ1n) is 11.9. The third-order valence-corrected chi connectivity index (χ3v) is 9.46. The van der Waals surface area contributed by atoms with Gasteiger partial charge in [-0.05, 0) is 6.07 Å². The summed E-state index contributed by atoms with van der Waals surface area (Å²) in [5, 5.41) is 3.43. The van der Waals surface area contributed by atoms with Crippen LogP contribution in [0.25, 0.3) is 33.5 Å². The zero-order valence-corrected chi connectivity index (χ0v) is 20.4. The molecule has 0 radical (unpaired) electrons. The Morgan fingerprint density at radius 3 is 1.56 bits per heavy atom. The fourth-order valence-corrected chi connectivity index (χ4v) is 7.21. The molecule has 0 N–H and O–H groups in total. The molecule has 6 aromatic rings. The second-order valence-electron chi connectivity index (χ2n) is 8.61. The maximum atomic E-state index is 14.6. The fourth-order valence-electron chi connectivity index (χ4n) is 4.57. The predicted molar refractivity (Wildman–Crippen MR) is 150 cm³/mol. The SMILES string of the molecule is O=P(c1ccccc1)(c1ccccc1)c1ccc(-c2nc(-c3ccccc3)c3ccccc3n2)cc1. The summed E-state index contributed by atoms with van der Waals surface area (Å²) >= 11 is 0. The summed E-state index contributed by atoms with van der Waals surface area (Å²) in [5.74, 6) is 0.647. The summed E-state index contributed by atoms with van der Waals surface area (Å²) in [6.45, 7) is 0. The van der Waals surface area contributed by atoms with Gasteiger partial charge in [0.1, 0.15) is 0 Å². The first-order chi connectivity index (χ1) is 17.7. The summed E-state index contributed by atoms with van der Waals surface area (Å²) in [4.78, 5) is 9.83. The largest absolute Gasteiger partial charge is 0.309 e. The van der Waals surface area contributed by atoms with Crippen LogP contribution in [0.4, 0.5) is 0 Å². The maximum absolute atomic E-state index is 14.6. The molecule has 1 aromatic heterocycles. The molecule has 172 valence electrons. The zero-order valence-electron chi connectivity index (χ0n) is 19.5. The van der Waals surface area contributed by atoms with Crippen molar-refractivity contribution in [2.24, 2.45) is 0 Å². The van der Waals surface area contributed by atoms with E-state index in [1.165, 1.54) is 0 Å². The van der Waals surface area contributed by atoms with E-state index >= 15 is 0 Å². The average Bonchev–Trinajstić information content (AvgIpc) is 2.97. The van der Waals surface area contributed by atoms with Crippen LogP contribution in [0.15, 0.2) is 140 Å². The first-order valence-corrected chi connectivity index (χ1v) is 13.6. The van der Waals surface area contributed by atoms with E-state index in [9.17, 15) is 4.57 Å². The standard InChI is InChI=1S/C32H23N2OP/c35-36(26-14-6-2-7-15-26,27-16-8-3-9-17-27)28-22-20-25(21-23-28)32-33-30-19-11-10-18-29(30)31(34-32)24-12-4-1-5-13-24/h1-23H. The second kappa shape index (κ2) is 9.37. The lowest BCUT2D eigenvalue weighted by atomic mass is 10.1. The Balaban J connectivity index is 1.48. The van der Waals surface area contributed by atoms with Crippen LogP contribution in [0.2, 0.25) is 0 Å². The summed E-state index contributed by atoms with van der Waals surface area (Å²) in [6.07, 6.45) is 0. The predicted octanol–water partition coefficient (Wildman–Crippen LogP) is 6.60. The Kier molecular flexibility index (Phi) is 5.77. The van der Waals surface area contributed by atoms with Crippen molar-refractivity contribution in [2.75, 3.05) is 0 Å². The fraction of sp³-hybridized carbons (Fsp3) is 0. The van der Waals surface area contributed by atoms with Crippen molar-refractivity contribution in [1.82, 2.24) is 9.97 Å². The highest BCUT2D eigenvalue weighted by Crippen LogP contribution is 2.42. The van der Waals surface area contributed by atoms with E-state index in [1.54, 1.807) is 0 Å². The van der Waals surface area contributed by atoms with Crippen molar-refractivity contribution < 1.29 is 4.57 Å². The molecule has 0 spiro atoms. The van der Waals surface area contributed by atoms with E-state index < -0.39 is 7.14 Å². The summed E-state index contributed by atoms with van der Waals surface area (Å²) < 4.78 is 14.6. The molecule has 6 rings (SSSR count). The van der Waals surface area contributed by atoms with Crippen LogP contribution in [0.5, 0.6) is 0 Å². The Bertz CT molecular complexity index is 1640. The number of hydrogen-bond donors (Lipinski definition) is 0. The van der Waals surface area contributed by atoms with Crippen LogP contribution in [-0.4, -0.2) is 9.97 Å². The number of para-hydroxylation sites is 1. The van der Waals surface area contributed by atoms with Crippen LogP contribution in [-0.2, 0) is 4.57 Å². The van der Waals surface area contributed by atoms with E-state index in [0.717, 1.165) is 43.6 Å². The van der Waals surface area contributed by atoms with Gasteiger partial charge < -0.3 is 4.57 Å². The molecule has 0 saturated heterocycles. The van der Waals surface area contributed by atoms with Gasteiger partial charge >= 0.3 is 0 Å². The number of hydrogen-bond acceptors (Lipinski definition) is 3. The van der Waals surface area contributed by atoms with Crippen LogP contribution in [0.3, 0.4) is 0 Å². The van der Waals surface area contributed by atoms with Crippen molar-refractivity contribution in [3.63, 3.8) is 0 Å². The highest BCUT2D eigenvalue weighted by Gasteiger charge is 2.29. The van der Waals surface area contributed by atoms with Crippen LogP contribution in [0, 0.1) is 0 Å². The molecule has 5 aromatic carbocycles. The molecule has 3 nitrogen and oxygen atoms in total. The van der Waals surface area contributed by atoms with Gasteiger partial charge in [-0.15, -0.1) is 0 Å². The molecule has 0 aliphatic carbocycles. The van der Waals surface area contributed by atoms with Crippen molar-refractivity contribution in [1.29, 1.82) is 0 Å². The molecule has 4 heteroatoms. The van der Waals surface area contributed by atoms with Crippen molar-refractivity contribution in [3.05, 3.63) is 140 Å². The molecule has 36 heavy (non-hydrogen) atoms. The molecule has 0 bridgehead atoms. The van der Waals surface area contributed by atoms with Crippen molar-refractivity contribution in [3.8, 4) is 22.6 Å². The van der Waals surface area contributed by atoms with Gasteiger partial charge in [0.05, 0.1) is 11.2 Å². The Labute approximate surface area is 210 Å². The highest BCUT2D eigenvalue weighted by molar-refractivity contribution is 7.85. The van der Waals surface area contributed by atoms with Gasteiger partial charge in [0.2, 0.25) is 0 Å². The van der Waals surface area contributed by atoms with Gasteiger partial charge in [0.15, 0.2) is 13.0 Å². The number of fused-ring (bicyclic) bond motifs is 1. The van der Waals surface area contributed by atoms with Gasteiger partial charge in [-0.2, -0.15) is 0 Å². The quantitative estimate of drug-likeness (QED) is 0.260. The molecule has 0 unspecified atom stereocenters. The van der Waals surface area contributed by atoms with Crippen LogP contribution in [0.1, 0.15) is 0 Å². The molecule has 0 aliphatic rings. The van der Waals surface area contributed by atoms with E-state index in [0.29, 0.717) is 5.82 Å². The Morgan fingerprint density at radius 1 is 0.444 bits per heavy atom. The lowest BCUT2D eigenvalue weighted by Crippen LogP contribution is -2.24. The minimum atomic E-state index is -3.03. The molecule has 0 aliphatic heterocycles. The van der Waals surface area contributed by atoms with Gasteiger partial charge in [0, 0.05) is 32.4 Å². The lowest BCUT2D eigenvalue weighted by molar-refractivity contribution is 0.592. The maximum Gasteiger partial charge on any atom is 0.171 e. The van der Waals surface area contributed by atoms with Crippen LogP contribution >= 0.6 is 7.14 Å². The Morgan fingerprint density at radius 2 is 0.944 bits per heavy atom. The normalized spacial score (nSPS) is 11.4. The lowest BCUT2D eigenvalue weighted by Gasteiger charge is -2.20. The zero-order chi connectivity index (χ0) is 24.4.